The molecule has 0 spiro atoms. The summed E-state index contributed by atoms with van der Waals surface area (Å²) in [4.78, 5) is 0. The molecule has 2 aromatic carbocycles. The number of halogens is 1. The van der Waals surface area contributed by atoms with Gasteiger partial charge in [-0.25, -0.2) is 0 Å². The van der Waals surface area contributed by atoms with E-state index in [2.05, 4.69) is 19.2 Å². The van der Waals surface area contributed by atoms with Gasteiger partial charge in [0.05, 0.1) is 0 Å². The van der Waals surface area contributed by atoms with E-state index in [0.29, 0.717) is 5.75 Å². The molecule has 2 aromatic rings. The van der Waals surface area contributed by atoms with Crippen molar-refractivity contribution in [2.75, 3.05) is 0 Å². The van der Waals surface area contributed by atoms with Crippen LogP contribution in [0.3, 0.4) is 0 Å². The molecule has 0 saturated carbocycles. The molecular formula is C17H20ClNO. The zero-order valence-electron chi connectivity index (χ0n) is 11.8. The Hall–Kier alpha value is -1.51. The Morgan fingerprint density at radius 2 is 1.75 bits per heavy atom. The van der Waals surface area contributed by atoms with E-state index in [1.165, 1.54) is 5.56 Å². The van der Waals surface area contributed by atoms with Crippen molar-refractivity contribution in [1.29, 1.82) is 0 Å². The minimum atomic E-state index is 0.127. The zero-order valence-corrected chi connectivity index (χ0v) is 12.6. The molecule has 2 N–H and O–H groups in total. The Kier molecular flexibility index (Phi) is 5.05. The van der Waals surface area contributed by atoms with Gasteiger partial charge in [0.15, 0.2) is 0 Å². The maximum Gasteiger partial charge on any atom is 0.120 e. The lowest BCUT2D eigenvalue weighted by atomic mass is 10.0. The third kappa shape index (κ3) is 3.53. The fraction of sp³-hybridized carbons (Fsp3) is 0.294. The minimum Gasteiger partial charge on any atom is -0.508 e. The van der Waals surface area contributed by atoms with E-state index >= 15 is 0 Å². The molecule has 0 radical (unpaired) electrons. The van der Waals surface area contributed by atoms with Gasteiger partial charge in [-0.1, -0.05) is 48.9 Å². The molecule has 0 aliphatic heterocycles. The van der Waals surface area contributed by atoms with Crippen LogP contribution in [0.5, 0.6) is 5.75 Å². The van der Waals surface area contributed by atoms with Gasteiger partial charge >= 0.3 is 0 Å². The van der Waals surface area contributed by atoms with E-state index < -0.39 is 0 Å². The second kappa shape index (κ2) is 6.78. The number of para-hydroxylation sites is 1. The van der Waals surface area contributed by atoms with Gasteiger partial charge in [0.25, 0.3) is 0 Å². The van der Waals surface area contributed by atoms with E-state index in [4.69, 9.17) is 11.6 Å². The molecule has 2 nitrogen and oxygen atoms in total. The predicted molar refractivity (Wildman–Crippen MR) is 84.1 cm³/mol. The van der Waals surface area contributed by atoms with Crippen LogP contribution < -0.4 is 5.32 Å². The summed E-state index contributed by atoms with van der Waals surface area (Å²) in [5, 5.41) is 14.3. The highest BCUT2D eigenvalue weighted by atomic mass is 35.5. The monoisotopic (exact) mass is 289 g/mol. The summed E-state index contributed by atoms with van der Waals surface area (Å²) in [6.07, 6.45) is 0.912. The summed E-state index contributed by atoms with van der Waals surface area (Å²) in [6, 6.07) is 15.7. The minimum absolute atomic E-state index is 0.127. The number of hydrogen-bond donors (Lipinski definition) is 2. The van der Waals surface area contributed by atoms with E-state index in [9.17, 15) is 5.11 Å². The molecule has 106 valence electrons. The molecule has 20 heavy (non-hydrogen) atoms. The largest absolute Gasteiger partial charge is 0.508 e. The third-order valence-corrected chi connectivity index (χ3v) is 3.79. The van der Waals surface area contributed by atoms with Crippen LogP contribution in [-0.2, 0) is 0 Å². The Morgan fingerprint density at radius 3 is 2.35 bits per heavy atom. The highest BCUT2D eigenvalue weighted by Gasteiger charge is 2.16. The molecule has 0 saturated heterocycles. The number of nitrogens with one attached hydrogen (secondary N) is 1. The van der Waals surface area contributed by atoms with Gasteiger partial charge in [0, 0.05) is 22.7 Å². The first-order valence-corrected chi connectivity index (χ1v) is 7.29. The maximum absolute atomic E-state index is 9.97. The molecule has 0 fully saturated rings. The molecule has 0 heterocycles. The summed E-state index contributed by atoms with van der Waals surface area (Å²) in [5.41, 5.74) is 2.12. The van der Waals surface area contributed by atoms with Gasteiger partial charge in [0.1, 0.15) is 5.75 Å². The fourth-order valence-electron chi connectivity index (χ4n) is 2.36. The molecule has 2 unspecified atom stereocenters. The summed E-state index contributed by atoms with van der Waals surface area (Å²) in [7, 11) is 0. The van der Waals surface area contributed by atoms with Crippen molar-refractivity contribution in [2.24, 2.45) is 0 Å². The van der Waals surface area contributed by atoms with Gasteiger partial charge in [-0.3, -0.25) is 0 Å². The van der Waals surface area contributed by atoms with Crippen LogP contribution in [0.4, 0.5) is 0 Å². The third-order valence-electron chi connectivity index (χ3n) is 3.54. The van der Waals surface area contributed by atoms with E-state index in [1.807, 2.05) is 42.5 Å². The lowest BCUT2D eigenvalue weighted by Crippen LogP contribution is -2.24. The van der Waals surface area contributed by atoms with Crippen molar-refractivity contribution >= 4 is 11.6 Å². The molecule has 0 bridgehead atoms. The predicted octanol–water partition coefficient (Wildman–Crippen LogP) is 4.85. The Morgan fingerprint density at radius 1 is 1.10 bits per heavy atom. The number of phenolic OH excluding ortho intramolecular Hbond substituents is 1. The summed E-state index contributed by atoms with van der Waals surface area (Å²) in [6.45, 7) is 4.23. The van der Waals surface area contributed by atoms with Crippen LogP contribution in [0, 0.1) is 0 Å². The van der Waals surface area contributed by atoms with Crippen molar-refractivity contribution in [3.63, 3.8) is 0 Å². The van der Waals surface area contributed by atoms with Crippen LogP contribution in [0.1, 0.15) is 43.5 Å². The molecule has 0 aliphatic rings. The van der Waals surface area contributed by atoms with Crippen LogP contribution in [-0.4, -0.2) is 5.11 Å². The summed E-state index contributed by atoms with van der Waals surface area (Å²) in [5.74, 6) is 0.343. The van der Waals surface area contributed by atoms with Crippen LogP contribution in [0.2, 0.25) is 5.02 Å². The smallest absolute Gasteiger partial charge is 0.120 e. The maximum atomic E-state index is 9.97. The highest BCUT2D eigenvalue weighted by molar-refractivity contribution is 6.30. The van der Waals surface area contributed by atoms with E-state index in [1.54, 1.807) is 6.07 Å². The lowest BCUT2D eigenvalue weighted by Gasteiger charge is -2.23. The first kappa shape index (κ1) is 14.9. The second-order valence-corrected chi connectivity index (χ2v) is 5.40. The first-order valence-electron chi connectivity index (χ1n) is 6.91. The van der Waals surface area contributed by atoms with Crippen molar-refractivity contribution in [3.8, 4) is 5.75 Å². The van der Waals surface area contributed by atoms with E-state index in [0.717, 1.165) is 17.0 Å². The van der Waals surface area contributed by atoms with Gasteiger partial charge in [-0.2, -0.15) is 0 Å². The molecule has 2 atom stereocenters. The second-order valence-electron chi connectivity index (χ2n) is 4.96. The van der Waals surface area contributed by atoms with Crippen molar-refractivity contribution in [2.45, 2.75) is 32.4 Å². The number of rotatable bonds is 5. The normalized spacial score (nSPS) is 13.9. The van der Waals surface area contributed by atoms with E-state index in [-0.39, 0.29) is 12.1 Å². The van der Waals surface area contributed by atoms with Crippen molar-refractivity contribution in [1.82, 2.24) is 5.32 Å². The fourth-order valence-corrected chi connectivity index (χ4v) is 2.49. The van der Waals surface area contributed by atoms with Gasteiger partial charge < -0.3 is 10.4 Å². The van der Waals surface area contributed by atoms with Gasteiger partial charge in [-0.05, 0) is 37.1 Å². The molecule has 3 heteroatoms. The molecule has 0 amide bonds. The molecule has 0 aromatic heterocycles. The summed E-state index contributed by atoms with van der Waals surface area (Å²) < 4.78 is 0. The van der Waals surface area contributed by atoms with Crippen molar-refractivity contribution < 1.29 is 5.11 Å². The van der Waals surface area contributed by atoms with Crippen LogP contribution in [0.15, 0.2) is 48.5 Å². The first-order chi connectivity index (χ1) is 9.61. The standard InChI is InChI=1S/C17H20ClNO/c1-3-16(15-6-4-5-7-17(15)20)19-12(2)13-8-10-14(18)11-9-13/h4-12,16,19-20H,3H2,1-2H3. The number of aromatic hydroxyl groups is 1. The van der Waals surface area contributed by atoms with Gasteiger partial charge in [0.2, 0.25) is 0 Å². The Labute approximate surface area is 125 Å². The van der Waals surface area contributed by atoms with Crippen molar-refractivity contribution in [3.05, 3.63) is 64.7 Å². The quantitative estimate of drug-likeness (QED) is 0.825. The number of benzene rings is 2. The molecular weight excluding hydrogens is 270 g/mol. The SMILES string of the molecule is CCC(NC(C)c1ccc(Cl)cc1)c1ccccc1O. The average Bonchev–Trinajstić information content (AvgIpc) is 2.46. The Bertz CT molecular complexity index is 553. The lowest BCUT2D eigenvalue weighted by molar-refractivity contribution is 0.419. The average molecular weight is 290 g/mol. The number of hydrogen-bond acceptors (Lipinski definition) is 2. The Balaban J connectivity index is 2.14. The summed E-state index contributed by atoms with van der Waals surface area (Å²) >= 11 is 5.91. The molecule has 2 rings (SSSR count). The van der Waals surface area contributed by atoms with Crippen LogP contribution >= 0.6 is 11.6 Å². The topological polar surface area (TPSA) is 32.3 Å². The van der Waals surface area contributed by atoms with Crippen LogP contribution in [0.25, 0.3) is 0 Å². The molecule has 0 aliphatic carbocycles. The van der Waals surface area contributed by atoms with Gasteiger partial charge in [-0.15, -0.1) is 0 Å². The highest BCUT2D eigenvalue weighted by Crippen LogP contribution is 2.28. The number of phenols is 1. The zero-order chi connectivity index (χ0) is 14.5.